The number of fused-ring (bicyclic) bond motifs is 1. The maximum Gasteiger partial charge on any atom is 0.321 e. The van der Waals surface area contributed by atoms with Gasteiger partial charge in [-0.05, 0) is 29.8 Å². The number of likely N-dealkylation sites (tertiary alicyclic amines) is 2. The highest BCUT2D eigenvalue weighted by Gasteiger charge is 2.49. The van der Waals surface area contributed by atoms with Gasteiger partial charge in [0.15, 0.2) is 0 Å². The summed E-state index contributed by atoms with van der Waals surface area (Å²) in [6.07, 6.45) is 0. The van der Waals surface area contributed by atoms with Crippen LogP contribution in [0.2, 0.25) is 0 Å². The van der Waals surface area contributed by atoms with Crippen molar-refractivity contribution >= 4 is 17.6 Å². The van der Waals surface area contributed by atoms with E-state index in [0.29, 0.717) is 31.1 Å². The Morgan fingerprint density at radius 2 is 1.90 bits per heavy atom. The lowest BCUT2D eigenvalue weighted by molar-refractivity contribution is -0.130. The Kier molecular flexibility index (Phi) is 5.13. The van der Waals surface area contributed by atoms with Crippen LogP contribution in [0, 0.1) is 17.7 Å². The molecule has 2 aromatic rings. The van der Waals surface area contributed by atoms with Crippen molar-refractivity contribution in [3.05, 3.63) is 59.9 Å². The van der Waals surface area contributed by atoms with Gasteiger partial charge >= 0.3 is 6.03 Å². The zero-order valence-electron chi connectivity index (χ0n) is 16.5. The van der Waals surface area contributed by atoms with E-state index in [1.807, 2.05) is 24.3 Å². The average Bonchev–Trinajstić information content (AvgIpc) is 3.26. The number of carbonyl (C=O) groups excluding carboxylic acids is 2. The van der Waals surface area contributed by atoms with Gasteiger partial charge in [-0.1, -0.05) is 18.2 Å². The lowest BCUT2D eigenvalue weighted by Crippen LogP contribution is -2.38. The van der Waals surface area contributed by atoms with Gasteiger partial charge in [-0.2, -0.15) is 0 Å². The van der Waals surface area contributed by atoms with Crippen LogP contribution in [0.5, 0.6) is 5.75 Å². The third-order valence-corrected chi connectivity index (χ3v) is 5.87. The number of hydrogen-bond acceptors (Lipinski definition) is 3. The number of anilines is 1. The van der Waals surface area contributed by atoms with E-state index in [0.717, 1.165) is 5.56 Å². The van der Waals surface area contributed by atoms with E-state index in [2.05, 4.69) is 5.32 Å². The lowest BCUT2D eigenvalue weighted by atomic mass is 9.89. The molecule has 29 heavy (non-hydrogen) atoms. The molecular formula is C22H24FN3O3. The summed E-state index contributed by atoms with van der Waals surface area (Å²) >= 11 is 0. The minimum absolute atomic E-state index is 0.0268. The fourth-order valence-corrected chi connectivity index (χ4v) is 4.56. The molecule has 1 N–H and O–H groups in total. The van der Waals surface area contributed by atoms with Crippen LogP contribution in [-0.2, 0) is 4.79 Å². The zero-order valence-corrected chi connectivity index (χ0v) is 16.5. The SMILES string of the molecule is COc1cccc(NC(=O)N2C[C@@H]3CN(C(C)=O)[C@H](c4cccc(F)c4)[C@@H]3C2)c1. The fraction of sp³-hybridized carbons (Fsp3) is 0.364. The molecule has 3 atom stereocenters. The monoisotopic (exact) mass is 397 g/mol. The van der Waals surface area contributed by atoms with Crippen LogP contribution in [-0.4, -0.2) is 48.5 Å². The molecule has 3 amide bonds. The number of nitrogens with one attached hydrogen (secondary N) is 1. The first-order valence-electron chi connectivity index (χ1n) is 9.69. The smallest absolute Gasteiger partial charge is 0.321 e. The van der Waals surface area contributed by atoms with Crippen molar-refractivity contribution in [2.75, 3.05) is 32.1 Å². The topological polar surface area (TPSA) is 61.9 Å². The summed E-state index contributed by atoms with van der Waals surface area (Å²) in [6, 6.07) is 13.2. The number of ether oxygens (including phenoxy) is 1. The van der Waals surface area contributed by atoms with E-state index in [-0.39, 0.29) is 35.6 Å². The molecule has 2 heterocycles. The lowest BCUT2D eigenvalue weighted by Gasteiger charge is -2.29. The number of halogens is 1. The van der Waals surface area contributed by atoms with Crippen LogP contribution in [0.15, 0.2) is 48.5 Å². The third kappa shape index (κ3) is 3.77. The number of rotatable bonds is 3. The molecule has 2 aliphatic rings. The van der Waals surface area contributed by atoms with Crippen molar-refractivity contribution in [3.63, 3.8) is 0 Å². The Labute approximate surface area is 169 Å². The van der Waals surface area contributed by atoms with E-state index in [1.54, 1.807) is 36.0 Å². The second-order valence-corrected chi connectivity index (χ2v) is 7.66. The summed E-state index contributed by atoms with van der Waals surface area (Å²) in [5.74, 6) is 0.575. The van der Waals surface area contributed by atoms with E-state index < -0.39 is 0 Å². The molecule has 2 aromatic carbocycles. The number of amides is 3. The predicted octanol–water partition coefficient (Wildman–Crippen LogP) is 3.52. The molecular weight excluding hydrogens is 373 g/mol. The second kappa shape index (κ2) is 7.73. The van der Waals surface area contributed by atoms with Gasteiger partial charge in [0.05, 0.1) is 13.2 Å². The van der Waals surface area contributed by atoms with Crippen LogP contribution in [0.25, 0.3) is 0 Å². The minimum atomic E-state index is -0.319. The molecule has 152 valence electrons. The Morgan fingerprint density at radius 3 is 2.62 bits per heavy atom. The highest BCUT2D eigenvalue weighted by Crippen LogP contribution is 2.45. The number of hydrogen-bond donors (Lipinski definition) is 1. The minimum Gasteiger partial charge on any atom is -0.497 e. The molecule has 0 saturated carbocycles. The number of nitrogens with zero attached hydrogens (tertiary/aromatic N) is 2. The maximum absolute atomic E-state index is 13.8. The molecule has 0 spiro atoms. The largest absolute Gasteiger partial charge is 0.497 e. The van der Waals surface area contributed by atoms with E-state index in [1.165, 1.54) is 12.1 Å². The van der Waals surface area contributed by atoms with Crippen molar-refractivity contribution in [3.8, 4) is 5.75 Å². The van der Waals surface area contributed by atoms with Crippen LogP contribution in [0.3, 0.4) is 0 Å². The number of urea groups is 1. The second-order valence-electron chi connectivity index (χ2n) is 7.66. The summed E-state index contributed by atoms with van der Waals surface area (Å²) in [7, 11) is 1.58. The molecule has 0 aliphatic carbocycles. The number of benzene rings is 2. The summed E-state index contributed by atoms with van der Waals surface area (Å²) in [5.41, 5.74) is 1.45. The van der Waals surface area contributed by atoms with Crippen molar-refractivity contribution in [1.82, 2.24) is 9.80 Å². The number of methoxy groups -OCH3 is 1. The molecule has 2 fully saturated rings. The Morgan fingerprint density at radius 1 is 1.10 bits per heavy atom. The van der Waals surface area contributed by atoms with Gasteiger partial charge in [-0.3, -0.25) is 4.79 Å². The molecule has 0 bridgehead atoms. The number of carbonyl (C=O) groups is 2. The highest BCUT2D eigenvalue weighted by atomic mass is 19.1. The van der Waals surface area contributed by atoms with Crippen molar-refractivity contribution in [2.24, 2.45) is 11.8 Å². The van der Waals surface area contributed by atoms with Crippen LogP contribution in [0.1, 0.15) is 18.5 Å². The van der Waals surface area contributed by atoms with Gasteiger partial charge in [0.2, 0.25) is 5.91 Å². The third-order valence-electron chi connectivity index (χ3n) is 5.87. The first-order valence-corrected chi connectivity index (χ1v) is 9.69. The Balaban J connectivity index is 1.51. The molecule has 6 nitrogen and oxygen atoms in total. The average molecular weight is 397 g/mol. The quantitative estimate of drug-likeness (QED) is 0.862. The Hall–Kier alpha value is -3.09. The molecule has 0 aromatic heterocycles. The van der Waals surface area contributed by atoms with Crippen LogP contribution < -0.4 is 10.1 Å². The molecule has 2 aliphatic heterocycles. The Bertz CT molecular complexity index is 935. The van der Waals surface area contributed by atoms with Gasteiger partial charge in [0, 0.05) is 50.1 Å². The standard InChI is InChI=1S/C22H24FN3O3/c1-14(27)26-12-16-11-25(22(28)24-18-7-4-8-19(10-18)29-2)13-20(16)21(26)15-5-3-6-17(23)9-15/h3-10,16,20-21H,11-13H2,1-2H3,(H,24,28)/t16-,20-,21-/m1/s1. The highest BCUT2D eigenvalue weighted by molar-refractivity contribution is 5.89. The maximum atomic E-state index is 13.8. The van der Waals surface area contributed by atoms with Gasteiger partial charge in [0.25, 0.3) is 0 Å². The predicted molar refractivity (Wildman–Crippen MR) is 107 cm³/mol. The van der Waals surface area contributed by atoms with Crippen LogP contribution in [0.4, 0.5) is 14.9 Å². The first-order chi connectivity index (χ1) is 14.0. The van der Waals surface area contributed by atoms with E-state index in [9.17, 15) is 14.0 Å². The van der Waals surface area contributed by atoms with Gasteiger partial charge < -0.3 is 19.9 Å². The van der Waals surface area contributed by atoms with Crippen molar-refractivity contribution < 1.29 is 18.7 Å². The fourth-order valence-electron chi connectivity index (χ4n) is 4.56. The first kappa shape index (κ1) is 19.2. The van der Waals surface area contributed by atoms with E-state index >= 15 is 0 Å². The van der Waals surface area contributed by atoms with Crippen LogP contribution >= 0.6 is 0 Å². The molecule has 0 unspecified atom stereocenters. The van der Waals surface area contributed by atoms with Gasteiger partial charge in [0.1, 0.15) is 11.6 Å². The molecule has 4 rings (SSSR count). The van der Waals surface area contributed by atoms with Crippen molar-refractivity contribution in [1.29, 1.82) is 0 Å². The van der Waals surface area contributed by atoms with Crippen molar-refractivity contribution in [2.45, 2.75) is 13.0 Å². The zero-order chi connectivity index (χ0) is 20.5. The summed E-state index contributed by atoms with van der Waals surface area (Å²) in [6.45, 7) is 3.20. The molecule has 7 heteroatoms. The van der Waals surface area contributed by atoms with Gasteiger partial charge in [-0.15, -0.1) is 0 Å². The molecule has 2 saturated heterocycles. The summed E-state index contributed by atoms with van der Waals surface area (Å²) in [5, 5.41) is 2.91. The summed E-state index contributed by atoms with van der Waals surface area (Å²) < 4.78 is 19.0. The van der Waals surface area contributed by atoms with E-state index in [4.69, 9.17) is 4.74 Å². The van der Waals surface area contributed by atoms with Gasteiger partial charge in [-0.25, -0.2) is 9.18 Å². The summed E-state index contributed by atoms with van der Waals surface area (Å²) in [4.78, 5) is 28.6. The normalized spacial score (nSPS) is 23.1. The molecule has 0 radical (unpaired) electrons.